The third-order valence-corrected chi connectivity index (χ3v) is 5.87. The number of halogens is 1. The van der Waals surface area contributed by atoms with Crippen LogP contribution in [0.15, 0.2) is 23.1 Å². The Bertz CT molecular complexity index is 555. The Kier molecular flexibility index (Phi) is 4.50. The summed E-state index contributed by atoms with van der Waals surface area (Å²) in [6.45, 7) is 1.72. The molecule has 0 unspecified atom stereocenters. The maximum absolute atomic E-state index is 12.7. The van der Waals surface area contributed by atoms with Gasteiger partial charge in [0.05, 0.1) is 11.5 Å². The number of benzene rings is 1. The summed E-state index contributed by atoms with van der Waals surface area (Å²) >= 11 is 5.90. The first-order chi connectivity index (χ1) is 8.96. The van der Waals surface area contributed by atoms with Crippen LogP contribution < -0.4 is 0 Å². The van der Waals surface area contributed by atoms with E-state index in [-0.39, 0.29) is 24.1 Å². The Balaban J connectivity index is 2.40. The minimum Gasteiger partial charge on any atom is -0.395 e. The minimum atomic E-state index is -3.59. The molecule has 1 N–H and O–H groups in total. The number of hydrogen-bond donors (Lipinski definition) is 1. The summed E-state index contributed by atoms with van der Waals surface area (Å²) < 4.78 is 26.8. The van der Waals surface area contributed by atoms with Gasteiger partial charge in [0.1, 0.15) is 0 Å². The van der Waals surface area contributed by atoms with Crippen LogP contribution in [0.2, 0.25) is 5.02 Å². The molecule has 0 bridgehead atoms. The fourth-order valence-corrected chi connectivity index (χ4v) is 4.42. The lowest BCUT2D eigenvalue weighted by Crippen LogP contribution is -2.45. The molecule has 0 saturated heterocycles. The predicted octanol–water partition coefficient (Wildman–Crippen LogP) is 2.18. The summed E-state index contributed by atoms with van der Waals surface area (Å²) in [6, 6.07) is 4.87. The van der Waals surface area contributed by atoms with E-state index in [1.54, 1.807) is 19.1 Å². The van der Waals surface area contributed by atoms with Gasteiger partial charge in [-0.05, 0) is 37.5 Å². The van der Waals surface area contributed by atoms with Crippen molar-refractivity contribution in [2.45, 2.75) is 37.1 Å². The Hall–Kier alpha value is -0.620. The average Bonchev–Trinajstić information content (AvgIpc) is 2.29. The molecule has 6 heteroatoms. The molecular weight excluding hydrogens is 286 g/mol. The van der Waals surface area contributed by atoms with E-state index in [0.717, 1.165) is 19.3 Å². The van der Waals surface area contributed by atoms with Crippen molar-refractivity contribution in [3.8, 4) is 0 Å². The summed E-state index contributed by atoms with van der Waals surface area (Å²) in [6.07, 6.45) is 2.76. The first-order valence-corrected chi connectivity index (χ1v) is 8.17. The van der Waals surface area contributed by atoms with Gasteiger partial charge in [0, 0.05) is 17.6 Å². The summed E-state index contributed by atoms with van der Waals surface area (Å²) in [5, 5.41) is 9.51. The summed E-state index contributed by atoms with van der Waals surface area (Å²) in [5.41, 5.74) is 0.673. The highest BCUT2D eigenvalue weighted by Gasteiger charge is 2.35. The van der Waals surface area contributed by atoms with Crippen molar-refractivity contribution in [1.82, 2.24) is 4.31 Å². The highest BCUT2D eigenvalue weighted by molar-refractivity contribution is 7.89. The van der Waals surface area contributed by atoms with Gasteiger partial charge in [-0.3, -0.25) is 0 Å². The SMILES string of the molecule is Cc1ccc(Cl)cc1S(=O)(=O)N(CCO)C1CCC1. The van der Waals surface area contributed by atoms with E-state index in [0.29, 0.717) is 10.6 Å². The van der Waals surface area contributed by atoms with E-state index in [2.05, 4.69) is 0 Å². The summed E-state index contributed by atoms with van der Waals surface area (Å²) in [5.74, 6) is 0. The van der Waals surface area contributed by atoms with Crippen molar-refractivity contribution in [3.05, 3.63) is 28.8 Å². The van der Waals surface area contributed by atoms with E-state index in [4.69, 9.17) is 16.7 Å². The van der Waals surface area contributed by atoms with Crippen molar-refractivity contribution >= 4 is 21.6 Å². The quantitative estimate of drug-likeness (QED) is 0.907. The average molecular weight is 304 g/mol. The molecule has 1 fully saturated rings. The Morgan fingerprint density at radius 3 is 2.63 bits per heavy atom. The van der Waals surface area contributed by atoms with Crippen molar-refractivity contribution < 1.29 is 13.5 Å². The lowest BCUT2D eigenvalue weighted by molar-refractivity contribution is 0.178. The van der Waals surface area contributed by atoms with Gasteiger partial charge in [-0.15, -0.1) is 0 Å². The third-order valence-electron chi connectivity index (χ3n) is 3.54. The van der Waals surface area contributed by atoms with Gasteiger partial charge in [-0.2, -0.15) is 4.31 Å². The molecule has 1 aliphatic rings. The fraction of sp³-hybridized carbons (Fsp3) is 0.538. The second-order valence-corrected chi connectivity index (χ2v) is 7.13. The first-order valence-electron chi connectivity index (χ1n) is 6.35. The molecule has 4 nitrogen and oxygen atoms in total. The molecular formula is C13H18ClNO3S. The predicted molar refractivity (Wildman–Crippen MR) is 74.8 cm³/mol. The van der Waals surface area contributed by atoms with Crippen LogP contribution in [0.4, 0.5) is 0 Å². The Morgan fingerprint density at radius 2 is 2.11 bits per heavy atom. The number of hydrogen-bond acceptors (Lipinski definition) is 3. The zero-order chi connectivity index (χ0) is 14.0. The molecule has 0 aliphatic heterocycles. The van der Waals surface area contributed by atoms with Crippen molar-refractivity contribution in [2.24, 2.45) is 0 Å². The minimum absolute atomic E-state index is 0.00975. The molecule has 0 radical (unpaired) electrons. The molecule has 2 rings (SSSR count). The monoisotopic (exact) mass is 303 g/mol. The van der Waals surface area contributed by atoms with Gasteiger partial charge >= 0.3 is 0 Å². The molecule has 1 saturated carbocycles. The van der Waals surface area contributed by atoms with E-state index >= 15 is 0 Å². The van der Waals surface area contributed by atoms with Gasteiger partial charge in [0.15, 0.2) is 0 Å². The van der Waals surface area contributed by atoms with Crippen molar-refractivity contribution in [3.63, 3.8) is 0 Å². The van der Waals surface area contributed by atoms with Crippen LogP contribution in [0.3, 0.4) is 0 Å². The van der Waals surface area contributed by atoms with Crippen LogP contribution in [0.1, 0.15) is 24.8 Å². The maximum atomic E-state index is 12.7. The molecule has 0 spiro atoms. The van der Waals surface area contributed by atoms with Crippen molar-refractivity contribution in [2.75, 3.05) is 13.2 Å². The van der Waals surface area contributed by atoms with Gasteiger partial charge in [-0.1, -0.05) is 24.1 Å². The molecule has 106 valence electrons. The molecule has 0 heterocycles. The lowest BCUT2D eigenvalue weighted by Gasteiger charge is -2.36. The second-order valence-electron chi connectivity index (χ2n) is 4.83. The zero-order valence-corrected chi connectivity index (χ0v) is 12.4. The van der Waals surface area contributed by atoms with Crippen LogP contribution in [0, 0.1) is 6.92 Å². The largest absolute Gasteiger partial charge is 0.395 e. The van der Waals surface area contributed by atoms with Gasteiger partial charge in [0.25, 0.3) is 0 Å². The van der Waals surface area contributed by atoms with Gasteiger partial charge in [-0.25, -0.2) is 8.42 Å². The summed E-state index contributed by atoms with van der Waals surface area (Å²) in [4.78, 5) is 0.236. The molecule has 1 aromatic carbocycles. The fourth-order valence-electron chi connectivity index (χ4n) is 2.25. The number of aryl methyl sites for hydroxylation is 1. The Labute approximate surface area is 119 Å². The van der Waals surface area contributed by atoms with Crippen molar-refractivity contribution in [1.29, 1.82) is 0 Å². The standard InChI is InChI=1S/C13H18ClNO3S/c1-10-5-6-11(14)9-13(10)19(17,18)15(7-8-16)12-3-2-4-12/h5-6,9,12,16H,2-4,7-8H2,1H3. The van der Waals surface area contributed by atoms with E-state index in [1.165, 1.54) is 10.4 Å². The van der Waals surface area contributed by atoms with Crippen LogP contribution in [-0.4, -0.2) is 37.0 Å². The van der Waals surface area contributed by atoms with E-state index < -0.39 is 10.0 Å². The smallest absolute Gasteiger partial charge is 0.243 e. The van der Waals surface area contributed by atoms with Crippen LogP contribution in [0.25, 0.3) is 0 Å². The normalized spacial score (nSPS) is 16.6. The Morgan fingerprint density at radius 1 is 1.42 bits per heavy atom. The highest BCUT2D eigenvalue weighted by Crippen LogP contribution is 2.31. The lowest BCUT2D eigenvalue weighted by atomic mass is 9.93. The topological polar surface area (TPSA) is 57.6 Å². The zero-order valence-electron chi connectivity index (χ0n) is 10.8. The van der Waals surface area contributed by atoms with Crippen LogP contribution >= 0.6 is 11.6 Å². The van der Waals surface area contributed by atoms with Gasteiger partial charge < -0.3 is 5.11 Å². The molecule has 1 aliphatic carbocycles. The van der Waals surface area contributed by atoms with E-state index in [1.807, 2.05) is 0 Å². The number of sulfonamides is 1. The molecule has 0 aromatic heterocycles. The highest BCUT2D eigenvalue weighted by atomic mass is 35.5. The molecule has 0 atom stereocenters. The summed E-state index contributed by atoms with van der Waals surface area (Å²) in [7, 11) is -3.59. The number of nitrogens with zero attached hydrogens (tertiary/aromatic N) is 1. The van der Waals surface area contributed by atoms with E-state index in [9.17, 15) is 8.42 Å². The maximum Gasteiger partial charge on any atom is 0.243 e. The number of aliphatic hydroxyl groups excluding tert-OH is 1. The molecule has 19 heavy (non-hydrogen) atoms. The number of rotatable bonds is 5. The first kappa shape index (κ1) is 14.8. The third kappa shape index (κ3) is 2.94. The second kappa shape index (κ2) is 5.79. The molecule has 0 amide bonds. The van der Waals surface area contributed by atoms with Gasteiger partial charge in [0.2, 0.25) is 10.0 Å². The molecule has 1 aromatic rings. The van der Waals surface area contributed by atoms with Crippen LogP contribution in [0.5, 0.6) is 0 Å². The van der Waals surface area contributed by atoms with Crippen LogP contribution in [-0.2, 0) is 10.0 Å². The number of aliphatic hydroxyl groups is 1.